The monoisotopic (exact) mass is 407 g/mol. The molecular formula is C19H29N5O5. The SMILES string of the molecule is CC(C)CC(NC(=O)C(CCCN=C(N)N)NC(=O)C=Cc1ccco1)C(=O)O. The molecule has 160 valence electrons. The molecule has 0 spiro atoms. The van der Waals surface area contributed by atoms with E-state index < -0.39 is 29.9 Å². The maximum Gasteiger partial charge on any atom is 0.326 e. The van der Waals surface area contributed by atoms with Gasteiger partial charge in [-0.3, -0.25) is 14.6 Å². The van der Waals surface area contributed by atoms with Crippen LogP contribution in [0.15, 0.2) is 33.9 Å². The molecule has 0 radical (unpaired) electrons. The predicted molar refractivity (Wildman–Crippen MR) is 109 cm³/mol. The fourth-order valence-corrected chi connectivity index (χ4v) is 2.50. The van der Waals surface area contributed by atoms with Gasteiger partial charge in [0, 0.05) is 12.6 Å². The van der Waals surface area contributed by atoms with Crippen LogP contribution in [0.3, 0.4) is 0 Å². The van der Waals surface area contributed by atoms with Crippen molar-refractivity contribution in [2.24, 2.45) is 22.4 Å². The Hall–Kier alpha value is -3.30. The number of carboxylic acid groups (broad SMARTS) is 1. The molecule has 1 rings (SSSR count). The maximum atomic E-state index is 12.6. The lowest BCUT2D eigenvalue weighted by Gasteiger charge is -2.22. The Labute approximate surface area is 169 Å². The second kappa shape index (κ2) is 12.2. The number of nitrogens with one attached hydrogen (secondary N) is 2. The first-order valence-electron chi connectivity index (χ1n) is 9.29. The summed E-state index contributed by atoms with van der Waals surface area (Å²) in [6.07, 6.45) is 5.09. The van der Waals surface area contributed by atoms with E-state index >= 15 is 0 Å². The van der Waals surface area contributed by atoms with Gasteiger partial charge in [0.25, 0.3) is 0 Å². The molecule has 29 heavy (non-hydrogen) atoms. The molecule has 0 aliphatic heterocycles. The minimum absolute atomic E-state index is 0.0701. The van der Waals surface area contributed by atoms with Crippen molar-refractivity contribution >= 4 is 29.8 Å². The highest BCUT2D eigenvalue weighted by atomic mass is 16.4. The minimum Gasteiger partial charge on any atom is -0.480 e. The second-order valence-electron chi connectivity index (χ2n) is 6.89. The quantitative estimate of drug-likeness (QED) is 0.145. The maximum absolute atomic E-state index is 12.6. The van der Waals surface area contributed by atoms with Crippen LogP contribution in [0.1, 0.15) is 38.9 Å². The van der Waals surface area contributed by atoms with Gasteiger partial charge in [-0.2, -0.15) is 0 Å². The zero-order valence-corrected chi connectivity index (χ0v) is 16.6. The van der Waals surface area contributed by atoms with Gasteiger partial charge in [0.15, 0.2) is 5.96 Å². The number of aliphatic carboxylic acids is 1. The number of nitrogens with zero attached hydrogens (tertiary/aromatic N) is 1. The Bertz CT molecular complexity index is 723. The van der Waals surface area contributed by atoms with Crippen molar-refractivity contribution in [2.45, 2.75) is 45.2 Å². The smallest absolute Gasteiger partial charge is 0.326 e. The topological polar surface area (TPSA) is 173 Å². The fraction of sp³-hybridized carbons (Fsp3) is 0.474. The van der Waals surface area contributed by atoms with Crippen molar-refractivity contribution in [2.75, 3.05) is 6.54 Å². The zero-order chi connectivity index (χ0) is 21.8. The van der Waals surface area contributed by atoms with Crippen LogP contribution in [0.4, 0.5) is 0 Å². The van der Waals surface area contributed by atoms with Crippen molar-refractivity contribution in [3.63, 3.8) is 0 Å². The summed E-state index contributed by atoms with van der Waals surface area (Å²) in [6, 6.07) is 1.37. The molecule has 10 heteroatoms. The molecule has 0 aromatic carbocycles. The van der Waals surface area contributed by atoms with E-state index in [2.05, 4.69) is 15.6 Å². The summed E-state index contributed by atoms with van der Waals surface area (Å²) in [5.74, 6) is -1.74. The number of amides is 2. The number of hydrogen-bond acceptors (Lipinski definition) is 5. The van der Waals surface area contributed by atoms with E-state index in [1.165, 1.54) is 18.4 Å². The summed E-state index contributed by atoms with van der Waals surface area (Å²) < 4.78 is 5.10. The van der Waals surface area contributed by atoms with Gasteiger partial charge < -0.3 is 31.6 Å². The van der Waals surface area contributed by atoms with Gasteiger partial charge in [-0.25, -0.2) is 4.79 Å². The number of aliphatic imine (C=N–C) groups is 1. The van der Waals surface area contributed by atoms with Gasteiger partial charge in [0.2, 0.25) is 11.8 Å². The number of rotatable bonds is 12. The Morgan fingerprint density at radius 2 is 1.97 bits per heavy atom. The normalized spacial score (nSPS) is 13.1. The summed E-state index contributed by atoms with van der Waals surface area (Å²) in [5.41, 5.74) is 10.6. The molecular weight excluding hydrogens is 378 g/mol. The van der Waals surface area contributed by atoms with Crippen LogP contribution >= 0.6 is 0 Å². The van der Waals surface area contributed by atoms with Gasteiger partial charge in [0.1, 0.15) is 17.8 Å². The van der Waals surface area contributed by atoms with Gasteiger partial charge in [0.05, 0.1) is 6.26 Å². The molecule has 1 heterocycles. The second-order valence-corrected chi connectivity index (χ2v) is 6.89. The molecule has 10 nitrogen and oxygen atoms in total. The number of carbonyl (C=O) groups excluding carboxylic acids is 2. The fourth-order valence-electron chi connectivity index (χ4n) is 2.50. The molecule has 0 aliphatic carbocycles. The number of nitrogens with two attached hydrogens (primary N) is 2. The van der Waals surface area contributed by atoms with Gasteiger partial charge >= 0.3 is 5.97 Å². The van der Waals surface area contributed by atoms with Crippen LogP contribution in [-0.2, 0) is 14.4 Å². The summed E-state index contributed by atoms with van der Waals surface area (Å²) in [7, 11) is 0. The van der Waals surface area contributed by atoms with Gasteiger partial charge in [-0.15, -0.1) is 0 Å². The Morgan fingerprint density at radius 3 is 2.52 bits per heavy atom. The average molecular weight is 407 g/mol. The molecule has 0 saturated carbocycles. The van der Waals surface area contributed by atoms with Crippen molar-refractivity contribution < 1.29 is 23.9 Å². The van der Waals surface area contributed by atoms with E-state index in [4.69, 9.17) is 15.9 Å². The van der Waals surface area contributed by atoms with Crippen LogP contribution in [0.5, 0.6) is 0 Å². The third-order valence-electron chi connectivity index (χ3n) is 3.84. The molecule has 2 amide bonds. The van der Waals surface area contributed by atoms with E-state index in [1.807, 2.05) is 13.8 Å². The van der Waals surface area contributed by atoms with Crippen LogP contribution in [0, 0.1) is 5.92 Å². The lowest BCUT2D eigenvalue weighted by Crippen LogP contribution is -2.51. The minimum atomic E-state index is -1.13. The molecule has 7 N–H and O–H groups in total. The number of hydrogen-bond donors (Lipinski definition) is 5. The van der Waals surface area contributed by atoms with E-state index in [0.717, 1.165) is 0 Å². The first-order chi connectivity index (χ1) is 13.7. The van der Waals surface area contributed by atoms with Crippen molar-refractivity contribution in [1.29, 1.82) is 0 Å². The Balaban J connectivity index is 2.79. The highest BCUT2D eigenvalue weighted by Gasteiger charge is 2.26. The van der Waals surface area contributed by atoms with Gasteiger partial charge in [-0.05, 0) is 43.4 Å². The number of carbonyl (C=O) groups is 3. The van der Waals surface area contributed by atoms with Gasteiger partial charge in [-0.1, -0.05) is 13.8 Å². The lowest BCUT2D eigenvalue weighted by molar-refractivity contribution is -0.142. The largest absolute Gasteiger partial charge is 0.480 e. The van der Waals surface area contributed by atoms with Crippen LogP contribution in [0.2, 0.25) is 0 Å². The highest BCUT2D eigenvalue weighted by Crippen LogP contribution is 2.07. The number of carboxylic acids is 1. The first-order valence-corrected chi connectivity index (χ1v) is 9.29. The van der Waals surface area contributed by atoms with E-state index in [9.17, 15) is 19.5 Å². The number of guanidine groups is 1. The summed E-state index contributed by atoms with van der Waals surface area (Å²) in [6.45, 7) is 3.99. The number of furan rings is 1. The third kappa shape index (κ3) is 9.99. The lowest BCUT2D eigenvalue weighted by atomic mass is 10.0. The highest BCUT2D eigenvalue weighted by molar-refractivity contribution is 5.96. The van der Waals surface area contributed by atoms with Crippen molar-refractivity contribution in [3.05, 3.63) is 30.2 Å². The Morgan fingerprint density at radius 1 is 1.24 bits per heavy atom. The average Bonchev–Trinajstić information content (AvgIpc) is 3.14. The van der Waals surface area contributed by atoms with Crippen molar-refractivity contribution in [1.82, 2.24) is 10.6 Å². The summed E-state index contributed by atoms with van der Waals surface area (Å²) in [4.78, 5) is 40.1. The predicted octanol–water partition coefficient (Wildman–Crippen LogP) is 0.447. The molecule has 1 aromatic heterocycles. The van der Waals surface area contributed by atoms with E-state index in [-0.39, 0.29) is 31.3 Å². The van der Waals surface area contributed by atoms with Crippen LogP contribution in [-0.4, -0.2) is 47.5 Å². The molecule has 0 saturated heterocycles. The molecule has 2 atom stereocenters. The molecule has 0 aliphatic rings. The van der Waals surface area contributed by atoms with Crippen LogP contribution < -0.4 is 22.1 Å². The van der Waals surface area contributed by atoms with Crippen molar-refractivity contribution in [3.8, 4) is 0 Å². The Kier molecular flexibility index (Phi) is 10.00. The van der Waals surface area contributed by atoms with Crippen LogP contribution in [0.25, 0.3) is 6.08 Å². The van der Waals surface area contributed by atoms with E-state index in [0.29, 0.717) is 12.2 Å². The summed E-state index contributed by atoms with van der Waals surface area (Å²) in [5, 5.41) is 14.4. The molecule has 1 aromatic rings. The molecule has 2 unspecified atom stereocenters. The third-order valence-corrected chi connectivity index (χ3v) is 3.84. The summed E-state index contributed by atoms with van der Waals surface area (Å²) >= 11 is 0. The molecule has 0 fully saturated rings. The standard InChI is InChI=1S/C19H29N5O5/c1-12(2)11-15(18(27)28)24-17(26)14(6-3-9-22-19(20)21)23-16(25)8-7-13-5-4-10-29-13/h4-5,7-8,10,12,14-15H,3,6,9,11H2,1-2H3,(H,23,25)(H,24,26)(H,27,28)(H4,20,21,22). The first kappa shape index (κ1) is 23.7. The zero-order valence-electron chi connectivity index (χ0n) is 16.6. The molecule has 0 bridgehead atoms. The van der Waals surface area contributed by atoms with E-state index in [1.54, 1.807) is 12.1 Å².